The fourth-order valence-electron chi connectivity index (χ4n) is 3.11. The Kier molecular flexibility index (Phi) is 6.06. The highest BCUT2D eigenvalue weighted by atomic mass is 79.9. The molecule has 1 aliphatic heterocycles. The molecule has 7 nitrogen and oxygen atoms in total. The van der Waals surface area contributed by atoms with E-state index < -0.39 is 12.2 Å². The van der Waals surface area contributed by atoms with Gasteiger partial charge in [-0.1, -0.05) is 40.9 Å². The number of imidazole rings is 1. The number of hydrogen-bond acceptors (Lipinski definition) is 7. The molecule has 3 N–H and O–H groups in total. The molecule has 0 saturated carbocycles. The minimum atomic E-state index is -0.879. The number of benzene rings is 1. The smallest absolute Gasteiger partial charge is 0.208 e. The Morgan fingerprint density at radius 2 is 2.21 bits per heavy atom. The van der Waals surface area contributed by atoms with Gasteiger partial charge >= 0.3 is 0 Å². The van der Waals surface area contributed by atoms with E-state index in [0.29, 0.717) is 41.5 Å². The number of anilines is 1. The summed E-state index contributed by atoms with van der Waals surface area (Å²) in [4.78, 5) is 13.6. The molecule has 1 saturated heterocycles. The Hall–Kier alpha value is -2.12. The van der Waals surface area contributed by atoms with Gasteiger partial charge in [-0.25, -0.2) is 15.0 Å². The van der Waals surface area contributed by atoms with Crippen LogP contribution < -0.4 is 5.32 Å². The van der Waals surface area contributed by atoms with Crippen LogP contribution in [0.1, 0.15) is 30.1 Å². The van der Waals surface area contributed by atoms with E-state index in [1.54, 1.807) is 10.9 Å². The van der Waals surface area contributed by atoms with Crippen molar-refractivity contribution < 1.29 is 10.2 Å². The Balaban J connectivity index is 1.72. The standard InChI is InChI=1S/C20H20BrN5O2S/c1-2-3-7-15-24-18(22-9-12-5-4-6-13(21)8-12)16-19(25-15)26(11-23-16)20-17(28)14(27)10-29-20/h4-6,8,11,14,17,20,27-28H,2,9-10H2,1H3,(H,22,24,25)/t14-,17-,20-/m1/s1. The third kappa shape index (κ3) is 4.26. The summed E-state index contributed by atoms with van der Waals surface area (Å²) in [7, 11) is 0. The zero-order valence-corrected chi connectivity index (χ0v) is 18.1. The lowest BCUT2D eigenvalue weighted by Crippen LogP contribution is -2.27. The van der Waals surface area contributed by atoms with Crippen molar-refractivity contribution in [2.75, 3.05) is 11.1 Å². The lowest BCUT2D eigenvalue weighted by molar-refractivity contribution is 0.0313. The van der Waals surface area contributed by atoms with E-state index >= 15 is 0 Å². The predicted molar refractivity (Wildman–Crippen MR) is 117 cm³/mol. The summed E-state index contributed by atoms with van der Waals surface area (Å²) in [6, 6.07) is 8.02. The summed E-state index contributed by atoms with van der Waals surface area (Å²) in [5.74, 6) is 7.44. The van der Waals surface area contributed by atoms with Crippen LogP contribution in [0.4, 0.5) is 5.82 Å². The SMILES string of the molecule is CCC#Cc1nc(NCc2cccc(Br)c2)c2ncn([C@@H]3SC[C@@H](O)[C@H]3O)c2n1. The number of aliphatic hydroxyl groups is 2. The van der Waals surface area contributed by atoms with E-state index in [0.717, 1.165) is 10.0 Å². The van der Waals surface area contributed by atoms with Gasteiger partial charge in [-0.3, -0.25) is 4.57 Å². The molecule has 0 amide bonds. The van der Waals surface area contributed by atoms with Crippen LogP contribution in [-0.2, 0) is 6.54 Å². The highest BCUT2D eigenvalue weighted by Crippen LogP contribution is 2.38. The van der Waals surface area contributed by atoms with Crippen LogP contribution in [0.5, 0.6) is 0 Å². The number of nitrogens with zero attached hydrogens (tertiary/aromatic N) is 4. The van der Waals surface area contributed by atoms with Crippen molar-refractivity contribution in [1.82, 2.24) is 19.5 Å². The molecule has 0 unspecified atom stereocenters. The highest BCUT2D eigenvalue weighted by Gasteiger charge is 2.36. The van der Waals surface area contributed by atoms with Crippen molar-refractivity contribution >= 4 is 44.7 Å². The number of thioether (sulfide) groups is 1. The molecule has 0 bridgehead atoms. The molecule has 1 aromatic carbocycles. The molecular formula is C20H20BrN5O2S. The van der Waals surface area contributed by atoms with Gasteiger partial charge in [0.15, 0.2) is 17.0 Å². The summed E-state index contributed by atoms with van der Waals surface area (Å²) in [5.41, 5.74) is 2.29. The summed E-state index contributed by atoms with van der Waals surface area (Å²) < 4.78 is 2.80. The second-order valence-corrected chi connectivity index (χ2v) is 8.71. The summed E-state index contributed by atoms with van der Waals surface area (Å²) in [6.07, 6.45) is 0.693. The Bertz CT molecular complexity index is 1090. The van der Waals surface area contributed by atoms with Crippen LogP contribution in [0.25, 0.3) is 11.2 Å². The van der Waals surface area contributed by atoms with Crippen LogP contribution >= 0.6 is 27.7 Å². The van der Waals surface area contributed by atoms with Gasteiger partial charge in [0.05, 0.1) is 12.4 Å². The van der Waals surface area contributed by atoms with Gasteiger partial charge in [-0.05, 0) is 23.6 Å². The quantitative estimate of drug-likeness (QED) is 0.501. The average molecular weight is 474 g/mol. The molecule has 3 heterocycles. The maximum absolute atomic E-state index is 10.3. The van der Waals surface area contributed by atoms with Gasteiger partial charge in [0.25, 0.3) is 0 Å². The maximum Gasteiger partial charge on any atom is 0.208 e. The molecular weight excluding hydrogens is 454 g/mol. The largest absolute Gasteiger partial charge is 0.389 e. The number of nitrogens with one attached hydrogen (secondary N) is 1. The van der Waals surface area contributed by atoms with E-state index in [9.17, 15) is 10.2 Å². The zero-order valence-electron chi connectivity index (χ0n) is 15.7. The van der Waals surface area contributed by atoms with Crippen LogP contribution in [0.3, 0.4) is 0 Å². The van der Waals surface area contributed by atoms with Crippen LogP contribution in [0.15, 0.2) is 35.1 Å². The molecule has 3 atom stereocenters. The number of halogens is 1. The van der Waals surface area contributed by atoms with E-state index in [-0.39, 0.29) is 5.37 Å². The lowest BCUT2D eigenvalue weighted by atomic mass is 10.2. The van der Waals surface area contributed by atoms with Crippen LogP contribution in [-0.4, -0.2) is 47.7 Å². The number of aliphatic hydroxyl groups excluding tert-OH is 2. The van der Waals surface area contributed by atoms with Crippen molar-refractivity contribution in [3.63, 3.8) is 0 Å². The van der Waals surface area contributed by atoms with Crippen molar-refractivity contribution in [3.8, 4) is 11.8 Å². The third-order valence-corrected chi connectivity index (χ3v) is 6.42. The molecule has 0 spiro atoms. The predicted octanol–water partition coefficient (Wildman–Crippen LogP) is 2.93. The van der Waals surface area contributed by atoms with Gasteiger partial charge < -0.3 is 15.5 Å². The first-order valence-corrected chi connectivity index (χ1v) is 11.1. The van der Waals surface area contributed by atoms with Gasteiger partial charge in [0, 0.05) is 23.2 Å². The summed E-state index contributed by atoms with van der Waals surface area (Å²) >= 11 is 4.96. The molecule has 4 rings (SSSR count). The first-order chi connectivity index (χ1) is 14.1. The van der Waals surface area contributed by atoms with E-state index in [1.165, 1.54) is 11.8 Å². The summed E-state index contributed by atoms with van der Waals surface area (Å²) in [5, 5.41) is 23.2. The highest BCUT2D eigenvalue weighted by molar-refractivity contribution is 9.10. The van der Waals surface area contributed by atoms with Gasteiger partial charge in [0.1, 0.15) is 11.5 Å². The first kappa shape index (κ1) is 20.2. The molecule has 1 aliphatic rings. The molecule has 2 aromatic heterocycles. The van der Waals surface area contributed by atoms with E-state index in [1.807, 2.05) is 31.2 Å². The van der Waals surface area contributed by atoms with Crippen molar-refractivity contribution in [2.24, 2.45) is 0 Å². The normalized spacial score (nSPS) is 21.2. The monoisotopic (exact) mass is 473 g/mol. The average Bonchev–Trinajstić information content (AvgIpc) is 3.28. The second-order valence-electron chi connectivity index (χ2n) is 6.64. The Morgan fingerprint density at radius 3 is 2.93 bits per heavy atom. The minimum absolute atomic E-state index is 0.352. The fraction of sp³-hybridized carbons (Fsp3) is 0.350. The van der Waals surface area contributed by atoms with Crippen molar-refractivity contribution in [2.45, 2.75) is 37.5 Å². The first-order valence-electron chi connectivity index (χ1n) is 9.26. The lowest BCUT2D eigenvalue weighted by Gasteiger charge is -2.17. The molecule has 0 radical (unpaired) electrons. The van der Waals surface area contributed by atoms with Crippen LogP contribution in [0, 0.1) is 11.8 Å². The van der Waals surface area contributed by atoms with Gasteiger partial charge in [-0.15, -0.1) is 11.8 Å². The van der Waals surface area contributed by atoms with E-state index in [4.69, 9.17) is 0 Å². The number of fused-ring (bicyclic) bond motifs is 1. The van der Waals surface area contributed by atoms with Gasteiger partial charge in [-0.2, -0.15) is 0 Å². The zero-order chi connectivity index (χ0) is 20.4. The Morgan fingerprint density at radius 1 is 1.34 bits per heavy atom. The molecule has 0 aliphatic carbocycles. The van der Waals surface area contributed by atoms with Crippen LogP contribution in [0.2, 0.25) is 0 Å². The molecule has 150 valence electrons. The molecule has 29 heavy (non-hydrogen) atoms. The van der Waals surface area contributed by atoms with Crippen molar-refractivity contribution in [1.29, 1.82) is 0 Å². The topological polar surface area (TPSA) is 96.1 Å². The molecule has 1 fully saturated rings. The second kappa shape index (κ2) is 8.71. The van der Waals surface area contributed by atoms with E-state index in [2.05, 4.69) is 48.0 Å². The minimum Gasteiger partial charge on any atom is -0.389 e. The van der Waals surface area contributed by atoms with Gasteiger partial charge in [0.2, 0.25) is 5.82 Å². The Labute approximate surface area is 181 Å². The van der Waals surface area contributed by atoms with Crippen molar-refractivity contribution in [3.05, 3.63) is 46.5 Å². The summed E-state index contributed by atoms with van der Waals surface area (Å²) in [6.45, 7) is 2.54. The third-order valence-electron chi connectivity index (χ3n) is 4.55. The number of rotatable bonds is 4. The molecule has 3 aromatic rings. The number of hydrogen-bond donors (Lipinski definition) is 3. The number of aromatic nitrogens is 4. The molecule has 9 heteroatoms. The fourth-order valence-corrected chi connectivity index (χ4v) is 4.84. The maximum atomic E-state index is 10.3.